The third-order valence-corrected chi connectivity index (χ3v) is 3.72. The average molecular weight is 297 g/mol. The molecule has 0 amide bonds. The SMILES string of the molecule is CCOc1cc(C=Nc2ccc(C(C)CC)cc2)ccc1O. The fourth-order valence-corrected chi connectivity index (χ4v) is 2.16. The number of hydrogen-bond donors (Lipinski definition) is 1. The van der Waals surface area contributed by atoms with Gasteiger partial charge in [0.05, 0.1) is 12.3 Å². The van der Waals surface area contributed by atoms with Crippen molar-refractivity contribution in [3.8, 4) is 11.5 Å². The monoisotopic (exact) mass is 297 g/mol. The van der Waals surface area contributed by atoms with E-state index in [4.69, 9.17) is 4.74 Å². The fraction of sp³-hybridized carbons (Fsp3) is 0.316. The molecule has 116 valence electrons. The molecule has 3 heteroatoms. The molecular formula is C19H23NO2. The Bertz CT molecular complexity index is 632. The van der Waals surface area contributed by atoms with Gasteiger partial charge in [-0.25, -0.2) is 0 Å². The highest BCUT2D eigenvalue weighted by atomic mass is 16.5. The first kappa shape index (κ1) is 16.1. The lowest BCUT2D eigenvalue weighted by Gasteiger charge is -2.08. The van der Waals surface area contributed by atoms with Crippen LogP contribution in [0.3, 0.4) is 0 Å². The number of ether oxygens (including phenoxy) is 1. The Balaban J connectivity index is 2.13. The molecule has 0 bridgehead atoms. The number of hydrogen-bond acceptors (Lipinski definition) is 3. The first-order valence-corrected chi connectivity index (χ1v) is 7.73. The maximum absolute atomic E-state index is 9.69. The highest BCUT2D eigenvalue weighted by molar-refractivity contribution is 5.83. The molecule has 0 heterocycles. The van der Waals surface area contributed by atoms with Crippen LogP contribution in [-0.2, 0) is 0 Å². The van der Waals surface area contributed by atoms with Gasteiger partial charge in [0, 0.05) is 6.21 Å². The summed E-state index contributed by atoms with van der Waals surface area (Å²) in [5.41, 5.74) is 3.15. The van der Waals surface area contributed by atoms with Crippen LogP contribution >= 0.6 is 0 Å². The van der Waals surface area contributed by atoms with Crippen LogP contribution in [0, 0.1) is 0 Å². The highest BCUT2D eigenvalue weighted by Gasteiger charge is 2.03. The summed E-state index contributed by atoms with van der Waals surface area (Å²) < 4.78 is 5.37. The molecule has 3 nitrogen and oxygen atoms in total. The van der Waals surface area contributed by atoms with E-state index in [0.29, 0.717) is 18.3 Å². The van der Waals surface area contributed by atoms with Crippen molar-refractivity contribution in [2.24, 2.45) is 4.99 Å². The molecule has 1 atom stereocenters. The van der Waals surface area contributed by atoms with Crippen molar-refractivity contribution in [3.63, 3.8) is 0 Å². The molecule has 0 fully saturated rings. The molecule has 2 aromatic carbocycles. The zero-order valence-corrected chi connectivity index (χ0v) is 13.4. The minimum Gasteiger partial charge on any atom is -0.504 e. The van der Waals surface area contributed by atoms with Crippen LogP contribution in [-0.4, -0.2) is 17.9 Å². The smallest absolute Gasteiger partial charge is 0.161 e. The van der Waals surface area contributed by atoms with Crippen molar-refractivity contribution in [3.05, 3.63) is 53.6 Å². The lowest BCUT2D eigenvalue weighted by molar-refractivity contribution is 0.318. The maximum Gasteiger partial charge on any atom is 0.161 e. The van der Waals surface area contributed by atoms with Gasteiger partial charge < -0.3 is 9.84 Å². The predicted molar refractivity (Wildman–Crippen MR) is 91.7 cm³/mol. The second-order valence-electron chi connectivity index (χ2n) is 5.32. The van der Waals surface area contributed by atoms with Crippen molar-refractivity contribution in [2.75, 3.05) is 6.61 Å². The van der Waals surface area contributed by atoms with Crippen molar-refractivity contribution >= 4 is 11.9 Å². The van der Waals surface area contributed by atoms with Crippen LogP contribution in [0.25, 0.3) is 0 Å². The molecule has 0 saturated carbocycles. The average Bonchev–Trinajstić information content (AvgIpc) is 2.55. The van der Waals surface area contributed by atoms with Gasteiger partial charge in [0.2, 0.25) is 0 Å². The van der Waals surface area contributed by atoms with E-state index < -0.39 is 0 Å². The minimum atomic E-state index is 0.150. The minimum absolute atomic E-state index is 0.150. The summed E-state index contributed by atoms with van der Waals surface area (Å²) in [6.45, 7) is 6.83. The second kappa shape index (κ2) is 7.64. The van der Waals surface area contributed by atoms with Gasteiger partial charge >= 0.3 is 0 Å². The number of nitrogens with zero attached hydrogens (tertiary/aromatic N) is 1. The van der Waals surface area contributed by atoms with Crippen molar-refractivity contribution in [2.45, 2.75) is 33.1 Å². The van der Waals surface area contributed by atoms with E-state index in [0.717, 1.165) is 17.7 Å². The Morgan fingerprint density at radius 2 is 1.86 bits per heavy atom. The third-order valence-electron chi connectivity index (χ3n) is 3.72. The number of aromatic hydroxyl groups is 1. The molecule has 0 saturated heterocycles. The molecule has 22 heavy (non-hydrogen) atoms. The Hall–Kier alpha value is -2.29. The Labute approximate surface area is 132 Å². The van der Waals surface area contributed by atoms with E-state index >= 15 is 0 Å². The second-order valence-corrected chi connectivity index (χ2v) is 5.32. The first-order valence-electron chi connectivity index (χ1n) is 7.73. The lowest BCUT2D eigenvalue weighted by atomic mass is 9.99. The van der Waals surface area contributed by atoms with Crippen LogP contribution in [0.5, 0.6) is 11.5 Å². The fourth-order valence-electron chi connectivity index (χ4n) is 2.16. The summed E-state index contributed by atoms with van der Waals surface area (Å²) in [7, 11) is 0. The number of phenols is 1. The molecule has 2 aromatic rings. The molecule has 0 radical (unpaired) electrons. The van der Waals surface area contributed by atoms with Gasteiger partial charge in [-0.15, -0.1) is 0 Å². The van der Waals surface area contributed by atoms with Gasteiger partial charge in [-0.1, -0.05) is 26.0 Å². The van der Waals surface area contributed by atoms with E-state index in [9.17, 15) is 5.11 Å². The standard InChI is InChI=1S/C19H23NO2/c1-4-14(3)16-7-9-17(10-8-16)20-13-15-6-11-18(21)19(12-15)22-5-2/h6-14,21H,4-5H2,1-3H3. The Morgan fingerprint density at radius 3 is 2.50 bits per heavy atom. The van der Waals surface area contributed by atoms with E-state index in [1.54, 1.807) is 18.3 Å². The van der Waals surface area contributed by atoms with Crippen LogP contribution in [0.2, 0.25) is 0 Å². The summed E-state index contributed by atoms with van der Waals surface area (Å²) in [6, 6.07) is 13.5. The topological polar surface area (TPSA) is 41.8 Å². The predicted octanol–water partition coefficient (Wildman–Crippen LogP) is 5.06. The van der Waals surface area contributed by atoms with E-state index in [-0.39, 0.29) is 5.75 Å². The molecule has 2 rings (SSSR count). The summed E-state index contributed by atoms with van der Waals surface area (Å²) in [5.74, 6) is 1.21. The van der Waals surface area contributed by atoms with Crippen molar-refractivity contribution in [1.82, 2.24) is 0 Å². The quantitative estimate of drug-likeness (QED) is 0.758. The van der Waals surface area contributed by atoms with Gasteiger partial charge in [0.15, 0.2) is 11.5 Å². The Morgan fingerprint density at radius 1 is 1.14 bits per heavy atom. The first-order chi connectivity index (χ1) is 10.6. The summed E-state index contributed by atoms with van der Waals surface area (Å²) in [5, 5.41) is 9.69. The van der Waals surface area contributed by atoms with Crippen molar-refractivity contribution < 1.29 is 9.84 Å². The van der Waals surface area contributed by atoms with Crippen LogP contribution in [0.4, 0.5) is 5.69 Å². The highest BCUT2D eigenvalue weighted by Crippen LogP contribution is 2.26. The number of benzene rings is 2. The summed E-state index contributed by atoms with van der Waals surface area (Å²) >= 11 is 0. The van der Waals surface area contributed by atoms with Gasteiger partial charge in [0.1, 0.15) is 0 Å². The molecular weight excluding hydrogens is 274 g/mol. The van der Waals surface area contributed by atoms with Gasteiger partial charge in [0.25, 0.3) is 0 Å². The molecule has 1 N–H and O–H groups in total. The lowest BCUT2D eigenvalue weighted by Crippen LogP contribution is -1.93. The van der Waals surface area contributed by atoms with E-state index in [1.165, 1.54) is 5.56 Å². The van der Waals surface area contributed by atoms with Crippen LogP contribution < -0.4 is 4.74 Å². The molecule has 0 spiro atoms. The molecule has 0 aliphatic carbocycles. The van der Waals surface area contributed by atoms with E-state index in [1.807, 2.05) is 25.1 Å². The Kier molecular flexibility index (Phi) is 5.59. The molecule has 1 unspecified atom stereocenters. The van der Waals surface area contributed by atoms with Crippen LogP contribution in [0.15, 0.2) is 47.5 Å². The summed E-state index contributed by atoms with van der Waals surface area (Å²) in [6.07, 6.45) is 2.91. The van der Waals surface area contributed by atoms with Gasteiger partial charge in [-0.2, -0.15) is 0 Å². The maximum atomic E-state index is 9.69. The van der Waals surface area contributed by atoms with E-state index in [2.05, 4.69) is 31.0 Å². The summed E-state index contributed by atoms with van der Waals surface area (Å²) in [4.78, 5) is 4.47. The van der Waals surface area contributed by atoms with Crippen LogP contribution in [0.1, 0.15) is 44.2 Å². The largest absolute Gasteiger partial charge is 0.504 e. The molecule has 0 aliphatic heterocycles. The number of aliphatic imine (C=N–C) groups is 1. The third kappa shape index (κ3) is 4.10. The zero-order chi connectivity index (χ0) is 15.9. The number of phenolic OH excluding ortho intramolecular Hbond substituents is 1. The van der Waals surface area contributed by atoms with Gasteiger partial charge in [-0.3, -0.25) is 4.99 Å². The van der Waals surface area contributed by atoms with Gasteiger partial charge in [-0.05, 0) is 60.7 Å². The van der Waals surface area contributed by atoms with Crippen molar-refractivity contribution in [1.29, 1.82) is 0 Å². The molecule has 0 aromatic heterocycles. The number of rotatable bonds is 6. The normalized spacial score (nSPS) is 12.5. The molecule has 0 aliphatic rings. The zero-order valence-electron chi connectivity index (χ0n) is 13.4.